The van der Waals surface area contributed by atoms with E-state index in [4.69, 9.17) is 0 Å². The normalized spacial score (nSPS) is 17.1. The van der Waals surface area contributed by atoms with Crippen molar-refractivity contribution in [3.8, 4) is 0 Å². The van der Waals surface area contributed by atoms with Gasteiger partial charge in [-0.1, -0.05) is 12.1 Å². The highest BCUT2D eigenvalue weighted by Crippen LogP contribution is 2.29. The molecule has 0 radical (unpaired) electrons. The molecule has 1 aromatic heterocycles. The van der Waals surface area contributed by atoms with Crippen LogP contribution in [0.1, 0.15) is 24.0 Å². The summed E-state index contributed by atoms with van der Waals surface area (Å²) in [6, 6.07) is 7.81. The largest absolute Gasteiger partial charge is 0.356 e. The molecule has 1 aliphatic rings. The molecule has 0 aliphatic carbocycles. The number of carbonyl (C=O) groups excluding carboxylic acids is 2. The van der Waals surface area contributed by atoms with Crippen LogP contribution in [0.5, 0.6) is 0 Å². The van der Waals surface area contributed by atoms with E-state index in [9.17, 15) is 9.59 Å². The van der Waals surface area contributed by atoms with Gasteiger partial charge in [0.25, 0.3) is 0 Å². The molecule has 1 aliphatic heterocycles. The van der Waals surface area contributed by atoms with Gasteiger partial charge < -0.3 is 10.2 Å². The minimum atomic E-state index is -0.280. The quantitative estimate of drug-likeness (QED) is 0.819. The van der Waals surface area contributed by atoms with E-state index >= 15 is 0 Å². The number of hydrogen-bond acceptors (Lipinski definition) is 3. The standard InChI is InChI=1S/C19H24N4O2/c1-14-6-3-7-17(15(14)2)23-13-16(12-18(23)24)19(25)20-8-4-10-22-11-5-9-21-22/h3,5-7,9,11,16H,4,8,10,12-13H2,1-2H3,(H,20,25)/t16-/m1/s1. The first-order valence-electron chi connectivity index (χ1n) is 8.68. The average Bonchev–Trinajstić information content (AvgIpc) is 3.24. The molecular formula is C19H24N4O2. The van der Waals surface area contributed by atoms with Crippen molar-refractivity contribution in [1.82, 2.24) is 15.1 Å². The summed E-state index contributed by atoms with van der Waals surface area (Å²) in [6.45, 7) is 5.86. The van der Waals surface area contributed by atoms with Crippen LogP contribution in [0.2, 0.25) is 0 Å². The fourth-order valence-electron chi connectivity index (χ4n) is 3.17. The lowest BCUT2D eigenvalue weighted by Gasteiger charge is -2.20. The molecule has 2 aromatic rings. The fraction of sp³-hybridized carbons (Fsp3) is 0.421. The fourth-order valence-corrected chi connectivity index (χ4v) is 3.17. The SMILES string of the molecule is Cc1cccc(N2C[C@H](C(=O)NCCCn3cccn3)CC2=O)c1C. The minimum Gasteiger partial charge on any atom is -0.356 e. The predicted octanol–water partition coefficient (Wildman–Crippen LogP) is 2.06. The van der Waals surface area contributed by atoms with E-state index in [1.807, 2.05) is 49.0 Å². The molecule has 1 N–H and O–H groups in total. The highest BCUT2D eigenvalue weighted by atomic mass is 16.2. The van der Waals surface area contributed by atoms with Gasteiger partial charge in [-0.05, 0) is 43.5 Å². The van der Waals surface area contributed by atoms with E-state index in [1.165, 1.54) is 0 Å². The van der Waals surface area contributed by atoms with Crippen molar-refractivity contribution >= 4 is 17.5 Å². The lowest BCUT2D eigenvalue weighted by molar-refractivity contribution is -0.126. The van der Waals surface area contributed by atoms with Crippen LogP contribution in [-0.2, 0) is 16.1 Å². The van der Waals surface area contributed by atoms with Crippen LogP contribution >= 0.6 is 0 Å². The van der Waals surface area contributed by atoms with Crippen molar-refractivity contribution in [3.63, 3.8) is 0 Å². The Balaban J connectivity index is 1.53. The number of nitrogens with one attached hydrogen (secondary N) is 1. The Morgan fingerprint density at radius 1 is 1.32 bits per heavy atom. The summed E-state index contributed by atoms with van der Waals surface area (Å²) in [5.41, 5.74) is 3.16. The van der Waals surface area contributed by atoms with Gasteiger partial charge in [-0.25, -0.2) is 0 Å². The zero-order valence-corrected chi connectivity index (χ0v) is 14.7. The highest BCUT2D eigenvalue weighted by molar-refractivity contribution is 6.00. The van der Waals surface area contributed by atoms with Gasteiger partial charge in [-0.3, -0.25) is 14.3 Å². The number of hydrogen-bond donors (Lipinski definition) is 1. The van der Waals surface area contributed by atoms with Crippen molar-refractivity contribution in [1.29, 1.82) is 0 Å². The van der Waals surface area contributed by atoms with E-state index in [2.05, 4.69) is 10.4 Å². The molecule has 2 amide bonds. The molecule has 6 nitrogen and oxygen atoms in total. The molecule has 25 heavy (non-hydrogen) atoms. The second-order valence-corrected chi connectivity index (χ2v) is 6.54. The number of anilines is 1. The molecular weight excluding hydrogens is 316 g/mol. The van der Waals surface area contributed by atoms with Gasteiger partial charge in [-0.15, -0.1) is 0 Å². The smallest absolute Gasteiger partial charge is 0.227 e. The van der Waals surface area contributed by atoms with Gasteiger partial charge in [-0.2, -0.15) is 5.10 Å². The molecule has 3 rings (SSSR count). The predicted molar refractivity (Wildman–Crippen MR) is 96.2 cm³/mol. The highest BCUT2D eigenvalue weighted by Gasteiger charge is 2.35. The van der Waals surface area contributed by atoms with Crippen molar-refractivity contribution in [2.24, 2.45) is 5.92 Å². The van der Waals surface area contributed by atoms with Crippen LogP contribution in [0.3, 0.4) is 0 Å². The molecule has 6 heteroatoms. The van der Waals surface area contributed by atoms with Crippen molar-refractivity contribution in [2.45, 2.75) is 33.2 Å². The number of amides is 2. The van der Waals surface area contributed by atoms with Gasteiger partial charge >= 0.3 is 0 Å². The summed E-state index contributed by atoms with van der Waals surface area (Å²) in [5.74, 6) is -0.302. The first-order valence-corrected chi connectivity index (χ1v) is 8.68. The zero-order valence-electron chi connectivity index (χ0n) is 14.7. The Kier molecular flexibility index (Phi) is 5.16. The summed E-state index contributed by atoms with van der Waals surface area (Å²) in [5, 5.41) is 7.08. The van der Waals surface area contributed by atoms with Gasteiger partial charge in [0, 0.05) is 44.1 Å². The number of nitrogens with zero attached hydrogens (tertiary/aromatic N) is 3. The first kappa shape index (κ1) is 17.2. The average molecular weight is 340 g/mol. The lowest BCUT2D eigenvalue weighted by Crippen LogP contribution is -2.34. The number of aromatic nitrogens is 2. The van der Waals surface area contributed by atoms with E-state index in [1.54, 1.807) is 11.1 Å². The molecule has 2 heterocycles. The van der Waals surface area contributed by atoms with E-state index < -0.39 is 0 Å². The van der Waals surface area contributed by atoms with Crippen LogP contribution in [-0.4, -0.2) is 34.7 Å². The van der Waals surface area contributed by atoms with Gasteiger partial charge in [0.2, 0.25) is 11.8 Å². The Labute approximate surface area is 147 Å². The molecule has 132 valence electrons. The molecule has 0 bridgehead atoms. The second kappa shape index (κ2) is 7.51. The summed E-state index contributed by atoms with van der Waals surface area (Å²) in [7, 11) is 0. The third-order valence-electron chi connectivity index (χ3n) is 4.79. The monoisotopic (exact) mass is 340 g/mol. The first-order chi connectivity index (χ1) is 12.1. The van der Waals surface area contributed by atoms with Crippen LogP contribution in [0, 0.1) is 19.8 Å². The number of carbonyl (C=O) groups is 2. The Hall–Kier alpha value is -2.63. The van der Waals surface area contributed by atoms with E-state index in [0.717, 1.165) is 29.8 Å². The summed E-state index contributed by atoms with van der Waals surface area (Å²) < 4.78 is 1.84. The molecule has 0 spiro atoms. The molecule has 0 unspecified atom stereocenters. The topological polar surface area (TPSA) is 67.2 Å². The molecule has 1 saturated heterocycles. The van der Waals surface area contributed by atoms with Crippen molar-refractivity contribution < 1.29 is 9.59 Å². The van der Waals surface area contributed by atoms with Crippen LogP contribution < -0.4 is 10.2 Å². The van der Waals surface area contributed by atoms with E-state index in [-0.39, 0.29) is 24.2 Å². The number of benzene rings is 1. The third-order valence-corrected chi connectivity index (χ3v) is 4.79. The van der Waals surface area contributed by atoms with Gasteiger partial charge in [0.05, 0.1) is 5.92 Å². The zero-order chi connectivity index (χ0) is 17.8. The summed E-state index contributed by atoms with van der Waals surface area (Å²) in [6.07, 6.45) is 4.73. The van der Waals surface area contributed by atoms with E-state index in [0.29, 0.717) is 13.1 Å². The minimum absolute atomic E-state index is 0.0189. The Bertz CT molecular complexity index is 755. The van der Waals surface area contributed by atoms with Crippen LogP contribution in [0.25, 0.3) is 0 Å². The third kappa shape index (κ3) is 3.90. The van der Waals surface area contributed by atoms with Gasteiger partial charge in [0.15, 0.2) is 0 Å². The molecule has 0 saturated carbocycles. The number of aryl methyl sites for hydroxylation is 2. The van der Waals surface area contributed by atoms with Crippen molar-refractivity contribution in [2.75, 3.05) is 18.0 Å². The summed E-state index contributed by atoms with van der Waals surface area (Å²) in [4.78, 5) is 26.5. The second-order valence-electron chi connectivity index (χ2n) is 6.54. The van der Waals surface area contributed by atoms with Crippen LogP contribution in [0.15, 0.2) is 36.7 Å². The van der Waals surface area contributed by atoms with Crippen molar-refractivity contribution in [3.05, 3.63) is 47.8 Å². The molecule has 1 fully saturated rings. The Morgan fingerprint density at radius 3 is 2.92 bits per heavy atom. The lowest BCUT2D eigenvalue weighted by atomic mass is 10.1. The maximum atomic E-state index is 12.4. The number of rotatable bonds is 6. The van der Waals surface area contributed by atoms with Crippen LogP contribution in [0.4, 0.5) is 5.69 Å². The maximum absolute atomic E-state index is 12.4. The maximum Gasteiger partial charge on any atom is 0.227 e. The summed E-state index contributed by atoms with van der Waals surface area (Å²) >= 11 is 0. The molecule has 1 atom stereocenters. The Morgan fingerprint density at radius 2 is 2.16 bits per heavy atom. The van der Waals surface area contributed by atoms with Gasteiger partial charge in [0.1, 0.15) is 0 Å². The molecule has 1 aromatic carbocycles.